The van der Waals surface area contributed by atoms with Crippen LogP contribution in [0.15, 0.2) is 0 Å². The molecular weight excluding hydrogens is 336 g/mol. The number of esters is 1. The lowest BCUT2D eigenvalue weighted by Crippen LogP contribution is -2.41. The van der Waals surface area contributed by atoms with E-state index in [0.717, 1.165) is 12.0 Å². The van der Waals surface area contributed by atoms with Gasteiger partial charge in [-0.05, 0) is 46.0 Å². The van der Waals surface area contributed by atoms with E-state index in [9.17, 15) is 9.59 Å². The summed E-state index contributed by atoms with van der Waals surface area (Å²) in [6, 6.07) is 0. The van der Waals surface area contributed by atoms with E-state index in [1.54, 1.807) is 9.58 Å². The average Bonchev–Trinajstić information content (AvgIpc) is 2.90. The van der Waals surface area contributed by atoms with Gasteiger partial charge in [-0.25, -0.2) is 14.3 Å². The number of ether oxygens (including phenoxy) is 2. The maximum absolute atomic E-state index is 12.2. The smallest absolute Gasteiger partial charge is 0.410 e. The summed E-state index contributed by atoms with van der Waals surface area (Å²) in [5.74, 6) is 0.104. The van der Waals surface area contributed by atoms with E-state index >= 15 is 0 Å². The molecule has 0 bridgehead atoms. The molecule has 0 radical (unpaired) electrons. The Morgan fingerprint density at radius 1 is 1.27 bits per heavy atom. The average molecular weight is 366 g/mol. The Hall–Kier alpha value is -2.25. The van der Waals surface area contributed by atoms with Gasteiger partial charge in [0.2, 0.25) is 0 Å². The van der Waals surface area contributed by atoms with E-state index in [0.29, 0.717) is 38.3 Å². The molecule has 1 aliphatic heterocycles. The van der Waals surface area contributed by atoms with Gasteiger partial charge in [0.15, 0.2) is 5.69 Å². The van der Waals surface area contributed by atoms with Crippen LogP contribution in [-0.4, -0.2) is 52.5 Å². The van der Waals surface area contributed by atoms with Gasteiger partial charge in [-0.15, -0.1) is 0 Å². The highest BCUT2D eigenvalue weighted by molar-refractivity contribution is 5.90. The van der Waals surface area contributed by atoms with Gasteiger partial charge in [0.25, 0.3) is 0 Å². The van der Waals surface area contributed by atoms with E-state index in [4.69, 9.17) is 15.2 Å². The van der Waals surface area contributed by atoms with Gasteiger partial charge in [0.05, 0.1) is 7.11 Å². The fourth-order valence-corrected chi connectivity index (χ4v) is 3.20. The monoisotopic (exact) mass is 366 g/mol. The number of aryl methyl sites for hydroxylation is 1. The molecule has 8 heteroatoms. The van der Waals surface area contributed by atoms with Crippen LogP contribution in [0.25, 0.3) is 0 Å². The van der Waals surface area contributed by atoms with Crippen LogP contribution in [0.1, 0.15) is 68.9 Å². The lowest BCUT2D eigenvalue weighted by molar-refractivity contribution is 0.0204. The molecule has 1 fully saturated rings. The number of nitrogen functional groups attached to an aromatic ring is 1. The number of likely N-dealkylation sites (tertiary alicyclic amines) is 1. The molecule has 0 spiro atoms. The highest BCUT2D eigenvalue weighted by Crippen LogP contribution is 2.35. The fraction of sp³-hybridized carbons (Fsp3) is 0.722. The number of nitrogens with zero attached hydrogens (tertiary/aromatic N) is 3. The Labute approximate surface area is 154 Å². The van der Waals surface area contributed by atoms with Crippen LogP contribution >= 0.6 is 0 Å². The van der Waals surface area contributed by atoms with E-state index in [1.165, 1.54) is 7.11 Å². The van der Waals surface area contributed by atoms with E-state index in [-0.39, 0.29) is 17.7 Å². The van der Waals surface area contributed by atoms with Crippen molar-refractivity contribution in [1.82, 2.24) is 14.7 Å². The number of nitrogens with two attached hydrogens (primary N) is 1. The molecule has 8 nitrogen and oxygen atoms in total. The molecule has 1 amide bonds. The second-order valence-corrected chi connectivity index (χ2v) is 7.60. The number of rotatable bonds is 4. The molecule has 0 atom stereocenters. The van der Waals surface area contributed by atoms with E-state index < -0.39 is 11.6 Å². The molecule has 1 saturated heterocycles. The summed E-state index contributed by atoms with van der Waals surface area (Å²) in [5.41, 5.74) is 6.79. The number of hydrogen-bond donors (Lipinski definition) is 1. The van der Waals surface area contributed by atoms with Crippen molar-refractivity contribution in [3.05, 3.63) is 11.3 Å². The van der Waals surface area contributed by atoms with Crippen molar-refractivity contribution in [3.63, 3.8) is 0 Å². The minimum atomic E-state index is -0.516. The first-order chi connectivity index (χ1) is 12.2. The Morgan fingerprint density at radius 3 is 2.38 bits per heavy atom. The quantitative estimate of drug-likeness (QED) is 0.823. The van der Waals surface area contributed by atoms with Gasteiger partial charge in [-0.2, -0.15) is 5.10 Å². The van der Waals surface area contributed by atoms with Crippen molar-refractivity contribution in [2.75, 3.05) is 25.9 Å². The summed E-state index contributed by atoms with van der Waals surface area (Å²) in [6.07, 6.45) is 1.96. The van der Waals surface area contributed by atoms with Crippen LogP contribution in [-0.2, 0) is 16.0 Å². The lowest BCUT2D eigenvalue weighted by atomic mass is 9.89. The molecule has 1 aromatic heterocycles. The van der Waals surface area contributed by atoms with Gasteiger partial charge < -0.3 is 20.1 Å². The first kappa shape index (κ1) is 20.1. The van der Waals surface area contributed by atoms with E-state index in [2.05, 4.69) is 5.10 Å². The third kappa shape index (κ3) is 4.47. The van der Waals surface area contributed by atoms with Crippen molar-refractivity contribution in [1.29, 1.82) is 0 Å². The van der Waals surface area contributed by atoms with Crippen LogP contribution in [0.2, 0.25) is 0 Å². The Balaban J connectivity index is 2.15. The number of aromatic nitrogens is 2. The summed E-state index contributed by atoms with van der Waals surface area (Å²) in [7, 11) is 1.34. The number of carbonyl (C=O) groups excluding carboxylic acids is 2. The third-order valence-corrected chi connectivity index (χ3v) is 4.40. The van der Waals surface area contributed by atoms with Crippen LogP contribution < -0.4 is 5.73 Å². The normalized spacial score (nSPS) is 15.8. The van der Waals surface area contributed by atoms with Gasteiger partial charge in [0, 0.05) is 25.2 Å². The molecule has 0 aliphatic carbocycles. The molecule has 146 valence electrons. The predicted octanol–water partition coefficient (Wildman–Crippen LogP) is 2.78. The zero-order valence-corrected chi connectivity index (χ0v) is 16.4. The number of anilines is 1. The highest BCUT2D eigenvalue weighted by Gasteiger charge is 2.33. The van der Waals surface area contributed by atoms with Crippen LogP contribution in [0.4, 0.5) is 10.6 Å². The zero-order valence-electron chi connectivity index (χ0n) is 16.4. The Kier molecular flexibility index (Phi) is 6.15. The summed E-state index contributed by atoms with van der Waals surface area (Å²) in [5, 5.41) is 4.36. The summed E-state index contributed by atoms with van der Waals surface area (Å²) in [6.45, 7) is 9.33. The number of amides is 1. The third-order valence-electron chi connectivity index (χ3n) is 4.40. The van der Waals surface area contributed by atoms with Crippen LogP contribution in [0, 0.1) is 0 Å². The van der Waals surface area contributed by atoms with Gasteiger partial charge in [-0.1, -0.05) is 6.92 Å². The van der Waals surface area contributed by atoms with Gasteiger partial charge in [0.1, 0.15) is 11.4 Å². The molecule has 1 aromatic rings. The SMILES string of the molecule is CCCn1nc(C(=O)OC)c(C2CCN(C(=O)OC(C)(C)C)CC2)c1N. The molecular formula is C18H30N4O4. The molecule has 26 heavy (non-hydrogen) atoms. The minimum Gasteiger partial charge on any atom is -0.464 e. The second-order valence-electron chi connectivity index (χ2n) is 7.60. The maximum atomic E-state index is 12.2. The summed E-state index contributed by atoms with van der Waals surface area (Å²) >= 11 is 0. The predicted molar refractivity (Wildman–Crippen MR) is 98.1 cm³/mol. The summed E-state index contributed by atoms with van der Waals surface area (Å²) in [4.78, 5) is 26.1. The first-order valence-electron chi connectivity index (χ1n) is 9.10. The van der Waals surface area contributed by atoms with E-state index in [1.807, 2.05) is 27.7 Å². The largest absolute Gasteiger partial charge is 0.464 e. The molecule has 0 saturated carbocycles. The number of methoxy groups -OCH3 is 1. The number of carbonyl (C=O) groups is 2. The Bertz CT molecular complexity index is 655. The maximum Gasteiger partial charge on any atom is 0.410 e. The van der Waals surface area contributed by atoms with Crippen molar-refractivity contribution in [2.45, 2.75) is 65.0 Å². The molecule has 2 N–H and O–H groups in total. The topological polar surface area (TPSA) is 99.7 Å². The minimum absolute atomic E-state index is 0.0633. The lowest BCUT2D eigenvalue weighted by Gasteiger charge is -2.33. The van der Waals surface area contributed by atoms with Crippen molar-refractivity contribution in [3.8, 4) is 0 Å². The van der Waals surface area contributed by atoms with Gasteiger partial charge >= 0.3 is 12.1 Å². The molecule has 1 aliphatic rings. The Morgan fingerprint density at radius 2 is 1.88 bits per heavy atom. The van der Waals surface area contributed by atoms with Crippen molar-refractivity contribution >= 4 is 17.9 Å². The molecule has 0 aromatic carbocycles. The number of hydrogen-bond acceptors (Lipinski definition) is 6. The molecule has 2 heterocycles. The van der Waals surface area contributed by atoms with Crippen molar-refractivity contribution in [2.24, 2.45) is 0 Å². The zero-order chi connectivity index (χ0) is 19.5. The van der Waals surface area contributed by atoms with Gasteiger partial charge in [-0.3, -0.25) is 0 Å². The first-order valence-corrected chi connectivity index (χ1v) is 9.10. The van der Waals surface area contributed by atoms with Crippen LogP contribution in [0.5, 0.6) is 0 Å². The second kappa shape index (κ2) is 7.97. The summed E-state index contributed by atoms with van der Waals surface area (Å²) < 4.78 is 12.0. The highest BCUT2D eigenvalue weighted by atomic mass is 16.6. The fourth-order valence-electron chi connectivity index (χ4n) is 3.20. The van der Waals surface area contributed by atoms with Crippen molar-refractivity contribution < 1.29 is 19.1 Å². The molecule has 2 rings (SSSR count). The standard InChI is InChI=1S/C18H30N4O4/c1-6-9-22-15(19)13(14(20-22)16(23)25-5)12-7-10-21(11-8-12)17(24)26-18(2,3)4/h12H,6-11,19H2,1-5H3. The van der Waals surface area contributed by atoms with Crippen LogP contribution in [0.3, 0.4) is 0 Å². The number of piperidine rings is 1. The molecule has 0 unspecified atom stereocenters.